The van der Waals surface area contributed by atoms with Crippen molar-refractivity contribution in [1.82, 2.24) is 9.97 Å². The van der Waals surface area contributed by atoms with E-state index in [-0.39, 0.29) is 0 Å². The molecule has 5 aromatic carbocycles. The summed E-state index contributed by atoms with van der Waals surface area (Å²) in [5.74, 6) is 1.19. The first kappa shape index (κ1) is 32.1. The predicted octanol–water partition coefficient (Wildman–Crippen LogP) is 11.9. The number of furan rings is 1. The summed E-state index contributed by atoms with van der Waals surface area (Å²) in [5, 5.41) is 3.19. The number of nitrogens with two attached hydrogens (primary N) is 1. The Balaban J connectivity index is 1.27. The first-order valence-corrected chi connectivity index (χ1v) is 18.0. The summed E-state index contributed by atoms with van der Waals surface area (Å²) in [4.78, 5) is 16.4. The van der Waals surface area contributed by atoms with Gasteiger partial charge in [-0.3, -0.25) is 0 Å². The molecule has 248 valence electrons. The number of amidine groups is 1. The summed E-state index contributed by atoms with van der Waals surface area (Å²) in [6.45, 7) is 4.18. The first-order valence-electron chi connectivity index (χ1n) is 17.2. The van der Waals surface area contributed by atoms with E-state index in [2.05, 4.69) is 91.9 Å². The van der Waals surface area contributed by atoms with E-state index in [1.165, 1.54) is 4.70 Å². The predicted molar refractivity (Wildman–Crippen MR) is 215 cm³/mol. The van der Waals surface area contributed by atoms with Crippen LogP contribution in [-0.4, -0.2) is 15.8 Å². The van der Waals surface area contributed by atoms with E-state index in [9.17, 15) is 0 Å². The number of aliphatic imine (C=N–C) groups is 1. The second-order valence-corrected chi connectivity index (χ2v) is 13.6. The number of fused-ring (bicyclic) bond motifs is 4. The summed E-state index contributed by atoms with van der Waals surface area (Å²) >= 11 is 1.76. The van der Waals surface area contributed by atoms with E-state index in [0.29, 0.717) is 18.1 Å². The number of hydrogen-bond donors (Lipinski definition) is 1. The smallest absolute Gasteiger partial charge is 0.160 e. The fourth-order valence-corrected chi connectivity index (χ4v) is 7.79. The first-order chi connectivity index (χ1) is 25.1. The zero-order valence-corrected chi connectivity index (χ0v) is 29.3. The highest BCUT2D eigenvalue weighted by Gasteiger charge is 2.19. The molecule has 3 heterocycles. The number of hydrogen-bond acceptors (Lipinski definition) is 5. The van der Waals surface area contributed by atoms with Crippen LogP contribution in [0, 0.1) is 0 Å². The van der Waals surface area contributed by atoms with Crippen LogP contribution in [-0.2, 0) is 6.42 Å². The minimum Gasteiger partial charge on any atom is -0.456 e. The molecule has 51 heavy (non-hydrogen) atoms. The molecule has 0 saturated carbocycles. The topological polar surface area (TPSA) is 77.3 Å². The lowest BCUT2D eigenvalue weighted by molar-refractivity contribution is 0.669. The van der Waals surface area contributed by atoms with Crippen LogP contribution in [0.1, 0.15) is 42.0 Å². The van der Waals surface area contributed by atoms with Crippen molar-refractivity contribution in [1.29, 1.82) is 0 Å². The molecular formula is C45H36N4OS. The highest BCUT2D eigenvalue weighted by molar-refractivity contribution is 7.19. The number of allylic oxidation sites excluding steroid dienone is 4. The molecule has 2 N–H and O–H groups in total. The standard InChI is InChI=1S/C45H36N4OS/c1-3-14-30(15-4-2)36-28-37(48-45(47-36)32-18-9-6-10-19-32)33-21-13-22-39-42(33)35-26-29(24-25-38(35)50-39)27-41-43(34-20-11-12-23-40(34)51-41)49-44(46)31-16-7-5-8-17-31/h3,5-26,28H,4,27H2,1-2H3,(H2,46,49)/b14-3-,30-15+. The lowest BCUT2D eigenvalue weighted by Gasteiger charge is -2.11. The minimum atomic E-state index is 0.506. The van der Waals surface area contributed by atoms with Crippen LogP contribution in [0.15, 0.2) is 155 Å². The van der Waals surface area contributed by atoms with Crippen molar-refractivity contribution >= 4 is 60.5 Å². The summed E-state index contributed by atoms with van der Waals surface area (Å²) in [7, 11) is 0. The molecule has 0 atom stereocenters. The van der Waals surface area contributed by atoms with Crippen LogP contribution >= 0.6 is 11.3 Å². The minimum absolute atomic E-state index is 0.506. The molecule has 0 amide bonds. The van der Waals surface area contributed by atoms with Gasteiger partial charge in [0.05, 0.1) is 17.1 Å². The van der Waals surface area contributed by atoms with Gasteiger partial charge in [-0.05, 0) is 54.8 Å². The van der Waals surface area contributed by atoms with Gasteiger partial charge in [0, 0.05) is 48.8 Å². The van der Waals surface area contributed by atoms with Gasteiger partial charge in [0.25, 0.3) is 0 Å². The fraction of sp³-hybridized carbons (Fsp3) is 0.0889. The van der Waals surface area contributed by atoms with Crippen molar-refractivity contribution in [3.63, 3.8) is 0 Å². The molecule has 0 radical (unpaired) electrons. The summed E-state index contributed by atoms with van der Waals surface area (Å²) in [6, 6.07) is 43.3. The third-order valence-electron chi connectivity index (χ3n) is 8.97. The van der Waals surface area contributed by atoms with Gasteiger partial charge >= 0.3 is 0 Å². The van der Waals surface area contributed by atoms with Gasteiger partial charge < -0.3 is 10.2 Å². The fourth-order valence-electron chi connectivity index (χ4n) is 6.61. The molecule has 0 bridgehead atoms. The molecule has 0 saturated heterocycles. The van der Waals surface area contributed by atoms with E-state index in [4.69, 9.17) is 25.1 Å². The summed E-state index contributed by atoms with van der Waals surface area (Å²) < 4.78 is 7.65. The van der Waals surface area contributed by atoms with Crippen molar-refractivity contribution in [2.75, 3.05) is 0 Å². The molecule has 8 aromatic rings. The number of nitrogens with zero attached hydrogens (tertiary/aromatic N) is 3. The zero-order valence-electron chi connectivity index (χ0n) is 28.5. The Labute approximate surface area is 301 Å². The molecule has 0 aliphatic rings. The van der Waals surface area contributed by atoms with Gasteiger partial charge in [0.15, 0.2) is 5.82 Å². The number of benzene rings is 5. The molecule has 5 nitrogen and oxygen atoms in total. The van der Waals surface area contributed by atoms with Gasteiger partial charge in [-0.15, -0.1) is 11.3 Å². The molecule has 8 rings (SSSR count). The Morgan fingerprint density at radius 3 is 2.39 bits per heavy atom. The number of thiophene rings is 1. The van der Waals surface area contributed by atoms with Crippen LogP contribution in [0.5, 0.6) is 0 Å². The van der Waals surface area contributed by atoms with Gasteiger partial charge in [0.1, 0.15) is 17.0 Å². The normalized spacial score (nSPS) is 12.5. The van der Waals surface area contributed by atoms with Crippen LogP contribution in [0.25, 0.3) is 60.2 Å². The molecule has 6 heteroatoms. The molecule has 0 aliphatic carbocycles. The quantitative estimate of drug-likeness (QED) is 0.0935. The number of rotatable bonds is 9. The van der Waals surface area contributed by atoms with Crippen LogP contribution in [0.3, 0.4) is 0 Å². The van der Waals surface area contributed by atoms with Gasteiger partial charge in [-0.25, -0.2) is 15.0 Å². The lowest BCUT2D eigenvalue weighted by Crippen LogP contribution is -2.12. The molecule has 0 aliphatic heterocycles. The second kappa shape index (κ2) is 14.0. The SMILES string of the molecule is C/C=C\C(=C/CC)c1cc(-c2cccc3oc4ccc(Cc5sc6ccccc6c5N=C(N)c5ccccc5)cc4c23)nc(-c2ccccc2)n1. The summed E-state index contributed by atoms with van der Waals surface area (Å²) in [6.07, 6.45) is 7.98. The zero-order chi connectivity index (χ0) is 34.7. The maximum atomic E-state index is 6.57. The highest BCUT2D eigenvalue weighted by Crippen LogP contribution is 2.41. The van der Waals surface area contributed by atoms with Crippen molar-refractivity contribution in [3.8, 4) is 22.6 Å². The van der Waals surface area contributed by atoms with Crippen LogP contribution < -0.4 is 5.73 Å². The third-order valence-corrected chi connectivity index (χ3v) is 10.1. The van der Waals surface area contributed by atoms with Gasteiger partial charge in [-0.1, -0.05) is 122 Å². The third kappa shape index (κ3) is 6.38. The van der Waals surface area contributed by atoms with E-state index in [0.717, 1.165) is 83.5 Å². The van der Waals surface area contributed by atoms with E-state index < -0.39 is 0 Å². The van der Waals surface area contributed by atoms with Gasteiger partial charge in [0.2, 0.25) is 0 Å². The van der Waals surface area contributed by atoms with Crippen LogP contribution in [0.4, 0.5) is 5.69 Å². The Morgan fingerprint density at radius 2 is 1.59 bits per heavy atom. The second-order valence-electron chi connectivity index (χ2n) is 12.4. The summed E-state index contributed by atoms with van der Waals surface area (Å²) in [5.41, 5.74) is 16.0. The van der Waals surface area contributed by atoms with Crippen molar-refractivity contribution < 1.29 is 4.42 Å². The lowest BCUT2D eigenvalue weighted by atomic mass is 9.99. The molecule has 3 aromatic heterocycles. The Bertz CT molecular complexity index is 2610. The molecular weight excluding hydrogens is 645 g/mol. The van der Waals surface area contributed by atoms with Crippen LogP contribution in [0.2, 0.25) is 0 Å². The average molecular weight is 681 g/mol. The molecule has 0 spiro atoms. The van der Waals surface area contributed by atoms with Crippen molar-refractivity contribution in [3.05, 3.63) is 167 Å². The van der Waals surface area contributed by atoms with E-state index >= 15 is 0 Å². The Hall–Kier alpha value is -6.11. The molecule has 0 unspecified atom stereocenters. The Kier molecular flexibility index (Phi) is 8.83. The van der Waals surface area contributed by atoms with E-state index in [1.807, 2.05) is 67.6 Å². The molecule has 0 fully saturated rings. The average Bonchev–Trinajstić information content (AvgIpc) is 3.72. The van der Waals surface area contributed by atoms with Gasteiger partial charge in [-0.2, -0.15) is 0 Å². The monoisotopic (exact) mass is 680 g/mol. The largest absolute Gasteiger partial charge is 0.456 e. The maximum Gasteiger partial charge on any atom is 0.160 e. The van der Waals surface area contributed by atoms with Crippen molar-refractivity contribution in [2.45, 2.75) is 26.7 Å². The maximum absolute atomic E-state index is 6.57. The number of aromatic nitrogens is 2. The van der Waals surface area contributed by atoms with E-state index in [1.54, 1.807) is 11.3 Å². The highest BCUT2D eigenvalue weighted by atomic mass is 32.1. The Morgan fingerprint density at radius 1 is 0.804 bits per heavy atom. The van der Waals surface area contributed by atoms with Crippen molar-refractivity contribution in [2.24, 2.45) is 10.7 Å².